The van der Waals surface area contributed by atoms with Crippen molar-refractivity contribution in [2.45, 2.75) is 44.4 Å². The fraction of sp³-hybridized carbons (Fsp3) is 0.184. The van der Waals surface area contributed by atoms with E-state index >= 15 is 0 Å². The van der Waals surface area contributed by atoms with E-state index in [0.29, 0.717) is 6.42 Å². The summed E-state index contributed by atoms with van der Waals surface area (Å²) in [5, 5.41) is 0. The van der Waals surface area contributed by atoms with Gasteiger partial charge in [0.2, 0.25) is 0 Å². The van der Waals surface area contributed by atoms with Crippen LogP contribution in [0.2, 0.25) is 0 Å². The average molecular weight is 503 g/mol. The van der Waals surface area contributed by atoms with Gasteiger partial charge >= 0.3 is 0 Å². The molecule has 0 amide bonds. The number of fused-ring (bicyclic) bond motifs is 7. The molecule has 3 aliphatic carbocycles. The maximum Gasteiger partial charge on any atom is 0.164 e. The van der Waals surface area contributed by atoms with Crippen molar-refractivity contribution in [1.29, 1.82) is 0 Å². The zero-order valence-corrected chi connectivity index (χ0v) is 22.4. The Hall–Kier alpha value is -4.23. The topological polar surface area (TPSA) is 17.1 Å². The molecule has 0 saturated heterocycles. The highest BCUT2D eigenvalue weighted by Gasteiger charge is 2.38. The Morgan fingerprint density at radius 1 is 0.590 bits per heavy atom. The Labute approximate surface area is 230 Å². The molecule has 1 nitrogen and oxygen atoms in total. The lowest BCUT2D eigenvalue weighted by Crippen LogP contribution is -2.15. The Kier molecular flexibility index (Phi) is 4.74. The second kappa shape index (κ2) is 8.13. The second-order valence-corrected chi connectivity index (χ2v) is 12.0. The minimum Gasteiger partial charge on any atom is -0.294 e. The van der Waals surface area contributed by atoms with Gasteiger partial charge in [-0.15, -0.1) is 0 Å². The van der Waals surface area contributed by atoms with Gasteiger partial charge in [-0.1, -0.05) is 105 Å². The first-order valence-electron chi connectivity index (χ1n) is 14.1. The second-order valence-electron chi connectivity index (χ2n) is 12.0. The van der Waals surface area contributed by atoms with Crippen LogP contribution >= 0.6 is 0 Å². The molecule has 8 rings (SSSR count). The summed E-state index contributed by atoms with van der Waals surface area (Å²) in [6.45, 7) is 4.71. The summed E-state index contributed by atoms with van der Waals surface area (Å²) in [7, 11) is 0. The molecule has 1 heteroatoms. The highest BCUT2D eigenvalue weighted by Crippen LogP contribution is 2.53. The first-order valence-corrected chi connectivity index (χ1v) is 14.1. The van der Waals surface area contributed by atoms with Gasteiger partial charge in [-0.25, -0.2) is 0 Å². The van der Waals surface area contributed by atoms with Gasteiger partial charge in [0.05, 0.1) is 0 Å². The molecule has 0 N–H and O–H groups in total. The number of Topliss-reactive ketones (excluding diaryl/α,β-unsaturated/α-hetero) is 1. The van der Waals surface area contributed by atoms with Crippen molar-refractivity contribution >= 4 is 5.78 Å². The molecular weight excluding hydrogens is 472 g/mol. The van der Waals surface area contributed by atoms with Crippen LogP contribution in [-0.2, 0) is 11.8 Å². The van der Waals surface area contributed by atoms with E-state index in [2.05, 4.69) is 111 Å². The molecule has 3 aliphatic rings. The van der Waals surface area contributed by atoms with Crippen molar-refractivity contribution in [3.63, 3.8) is 0 Å². The van der Waals surface area contributed by atoms with Gasteiger partial charge in [0, 0.05) is 17.4 Å². The Morgan fingerprint density at radius 3 is 2.18 bits per heavy atom. The first kappa shape index (κ1) is 22.7. The number of ketones is 1. The van der Waals surface area contributed by atoms with Crippen molar-refractivity contribution in [3.8, 4) is 44.5 Å². The molecule has 0 bridgehead atoms. The average Bonchev–Trinajstić information content (AvgIpc) is 3.06. The number of hydrogen-bond donors (Lipinski definition) is 0. The van der Waals surface area contributed by atoms with Gasteiger partial charge in [-0.3, -0.25) is 4.79 Å². The first-order chi connectivity index (χ1) is 19.0. The zero-order chi connectivity index (χ0) is 26.3. The molecule has 0 fully saturated rings. The third-order valence-corrected chi connectivity index (χ3v) is 9.52. The zero-order valence-electron chi connectivity index (χ0n) is 22.4. The Balaban J connectivity index is 1.38. The number of carbonyl (C=O) groups excluding carboxylic acids is 1. The van der Waals surface area contributed by atoms with E-state index in [4.69, 9.17) is 0 Å². The van der Waals surface area contributed by atoms with Gasteiger partial charge in [0.25, 0.3) is 0 Å². The van der Waals surface area contributed by atoms with Crippen molar-refractivity contribution in [2.75, 3.05) is 0 Å². The molecule has 0 aromatic heterocycles. The standard InChI is InChI=1S/C38H30O/c1-38(2)34-14-7-6-11-27(34)33-22-31-25(20-35(33)38)15-16-26-21-36(39)28-18-17-24(23-9-4-3-5-10-23)19-32(28)30-13-8-12-29(31)37(26)30/h3-14,17-20,22,26H,15-16,21H2,1-2H3. The van der Waals surface area contributed by atoms with Crippen LogP contribution in [0.25, 0.3) is 44.5 Å². The fourth-order valence-electron chi connectivity index (χ4n) is 7.56. The van der Waals surface area contributed by atoms with Crippen LogP contribution in [0.1, 0.15) is 65.2 Å². The maximum absolute atomic E-state index is 13.7. The van der Waals surface area contributed by atoms with Crippen LogP contribution in [0.15, 0.2) is 103 Å². The van der Waals surface area contributed by atoms with Gasteiger partial charge in [0.1, 0.15) is 0 Å². The normalized spacial score (nSPS) is 17.7. The van der Waals surface area contributed by atoms with E-state index in [0.717, 1.165) is 29.5 Å². The Bertz CT molecular complexity index is 1820. The third-order valence-electron chi connectivity index (χ3n) is 9.52. The summed E-state index contributed by atoms with van der Waals surface area (Å²) in [6.07, 6.45) is 2.56. The maximum atomic E-state index is 13.7. The van der Waals surface area contributed by atoms with E-state index in [9.17, 15) is 4.79 Å². The Morgan fingerprint density at radius 2 is 1.33 bits per heavy atom. The molecule has 5 aromatic carbocycles. The van der Waals surface area contributed by atoms with Crippen molar-refractivity contribution in [2.24, 2.45) is 0 Å². The number of aryl methyl sites for hydroxylation is 1. The summed E-state index contributed by atoms with van der Waals surface area (Å²) in [5.74, 6) is 0.485. The van der Waals surface area contributed by atoms with E-state index in [1.807, 2.05) is 6.07 Å². The minimum absolute atomic E-state index is 0.00841. The summed E-state index contributed by atoms with van der Waals surface area (Å²) in [6, 6.07) is 37.5. The predicted molar refractivity (Wildman–Crippen MR) is 160 cm³/mol. The molecule has 1 unspecified atom stereocenters. The van der Waals surface area contributed by atoms with E-state index in [-0.39, 0.29) is 17.1 Å². The van der Waals surface area contributed by atoms with Crippen LogP contribution in [0.5, 0.6) is 0 Å². The smallest absolute Gasteiger partial charge is 0.164 e. The summed E-state index contributed by atoms with van der Waals surface area (Å²) in [5.41, 5.74) is 16.5. The van der Waals surface area contributed by atoms with E-state index < -0.39 is 0 Å². The van der Waals surface area contributed by atoms with Gasteiger partial charge in [-0.2, -0.15) is 0 Å². The number of hydrogen-bond acceptors (Lipinski definition) is 1. The van der Waals surface area contributed by atoms with Crippen molar-refractivity contribution in [3.05, 3.63) is 131 Å². The molecular formula is C38H30O. The number of benzene rings is 5. The van der Waals surface area contributed by atoms with Crippen LogP contribution in [0, 0.1) is 0 Å². The number of rotatable bonds is 1. The lowest BCUT2D eigenvalue weighted by Gasteiger charge is -2.23. The highest BCUT2D eigenvalue weighted by molar-refractivity contribution is 6.06. The molecule has 188 valence electrons. The van der Waals surface area contributed by atoms with Crippen molar-refractivity contribution < 1.29 is 4.79 Å². The molecule has 39 heavy (non-hydrogen) atoms. The van der Waals surface area contributed by atoms with Gasteiger partial charge in [0.15, 0.2) is 5.78 Å². The lowest BCUT2D eigenvalue weighted by molar-refractivity contribution is 0.0974. The van der Waals surface area contributed by atoms with E-state index in [1.54, 1.807) is 0 Å². The SMILES string of the molecule is CC1(C)c2ccccc2-c2cc3c(cc21)CCC1CC(=O)c2ccc(-c4ccccc4)cc2-c2cccc-3c21. The van der Waals surface area contributed by atoms with Gasteiger partial charge < -0.3 is 0 Å². The molecule has 0 spiro atoms. The number of carbonyl (C=O) groups is 1. The molecule has 0 saturated carbocycles. The molecule has 1 atom stereocenters. The lowest BCUT2D eigenvalue weighted by atomic mass is 9.80. The molecule has 0 aliphatic heterocycles. The van der Waals surface area contributed by atoms with Crippen LogP contribution in [0.3, 0.4) is 0 Å². The van der Waals surface area contributed by atoms with Crippen LogP contribution in [0.4, 0.5) is 0 Å². The van der Waals surface area contributed by atoms with Gasteiger partial charge in [-0.05, 0) is 97.7 Å². The monoisotopic (exact) mass is 502 g/mol. The molecule has 5 aromatic rings. The fourth-order valence-corrected chi connectivity index (χ4v) is 7.56. The molecule has 0 heterocycles. The van der Waals surface area contributed by atoms with Crippen molar-refractivity contribution in [1.82, 2.24) is 0 Å². The quantitative estimate of drug-likeness (QED) is 0.223. The summed E-state index contributed by atoms with van der Waals surface area (Å²) in [4.78, 5) is 13.7. The predicted octanol–water partition coefficient (Wildman–Crippen LogP) is 9.61. The van der Waals surface area contributed by atoms with E-state index in [1.165, 1.54) is 55.6 Å². The summed E-state index contributed by atoms with van der Waals surface area (Å²) < 4.78 is 0. The summed E-state index contributed by atoms with van der Waals surface area (Å²) >= 11 is 0. The van der Waals surface area contributed by atoms with Crippen LogP contribution in [-0.4, -0.2) is 5.78 Å². The molecule has 0 radical (unpaired) electrons. The minimum atomic E-state index is -0.00841. The highest BCUT2D eigenvalue weighted by atomic mass is 16.1. The largest absolute Gasteiger partial charge is 0.294 e. The third kappa shape index (κ3) is 3.23. The van der Waals surface area contributed by atoms with Crippen LogP contribution < -0.4 is 0 Å².